The normalized spacial score (nSPS) is 11.2. The number of nitrogens with one attached hydrogen (secondary N) is 1. The quantitative estimate of drug-likeness (QED) is 0.411. The van der Waals surface area contributed by atoms with E-state index in [0.29, 0.717) is 18.5 Å². The Morgan fingerprint density at radius 3 is 2.67 bits per heavy atom. The number of carbonyl (C=O) groups excluding carboxylic acids is 1. The van der Waals surface area contributed by atoms with Crippen LogP contribution in [0.4, 0.5) is 5.69 Å². The molecule has 3 aromatic rings. The highest BCUT2D eigenvalue weighted by Gasteiger charge is 2.16. The first-order valence-corrected chi connectivity index (χ1v) is 10.0. The molecule has 0 spiro atoms. The van der Waals surface area contributed by atoms with Crippen molar-refractivity contribution in [3.8, 4) is 0 Å². The van der Waals surface area contributed by atoms with E-state index in [1.807, 2.05) is 18.2 Å². The third-order valence-electron chi connectivity index (χ3n) is 4.93. The Bertz CT molecular complexity index is 1030. The molecule has 1 heterocycles. The van der Waals surface area contributed by atoms with E-state index >= 15 is 0 Å². The molecule has 0 unspecified atom stereocenters. The van der Waals surface area contributed by atoms with Gasteiger partial charge in [-0.05, 0) is 39.2 Å². The van der Waals surface area contributed by atoms with Crippen LogP contribution in [-0.2, 0) is 24.2 Å². The van der Waals surface area contributed by atoms with Gasteiger partial charge in [0.25, 0.3) is 5.69 Å². The first-order chi connectivity index (χ1) is 14.5. The molecule has 2 aromatic carbocycles. The van der Waals surface area contributed by atoms with Crippen molar-refractivity contribution in [1.29, 1.82) is 0 Å². The maximum Gasteiger partial charge on any atom is 0.273 e. The summed E-state index contributed by atoms with van der Waals surface area (Å²) in [4.78, 5) is 29.9. The first kappa shape index (κ1) is 21.4. The number of hydrogen-bond donors (Lipinski definition) is 1. The fourth-order valence-electron chi connectivity index (χ4n) is 3.50. The van der Waals surface area contributed by atoms with Crippen molar-refractivity contribution in [3.63, 3.8) is 0 Å². The van der Waals surface area contributed by atoms with Crippen LogP contribution >= 0.6 is 0 Å². The van der Waals surface area contributed by atoms with Gasteiger partial charge in [0, 0.05) is 31.1 Å². The SMILES string of the molecule is CN(C)CCCn1c(CCNC(=O)Cc2ccccc2[N+](=O)[O-])nc2ccccc21. The average molecular weight is 409 g/mol. The molecule has 0 fully saturated rings. The molecular weight excluding hydrogens is 382 g/mol. The summed E-state index contributed by atoms with van der Waals surface area (Å²) in [6, 6.07) is 14.4. The highest BCUT2D eigenvalue weighted by molar-refractivity contribution is 5.80. The van der Waals surface area contributed by atoms with Gasteiger partial charge in [-0.2, -0.15) is 0 Å². The van der Waals surface area contributed by atoms with E-state index in [1.165, 1.54) is 6.07 Å². The zero-order chi connectivity index (χ0) is 21.5. The van der Waals surface area contributed by atoms with Gasteiger partial charge >= 0.3 is 0 Å². The number of nitro groups is 1. The number of aryl methyl sites for hydroxylation is 1. The van der Waals surface area contributed by atoms with E-state index < -0.39 is 4.92 Å². The fraction of sp³-hybridized carbons (Fsp3) is 0.364. The summed E-state index contributed by atoms with van der Waals surface area (Å²) in [6.07, 6.45) is 1.58. The highest BCUT2D eigenvalue weighted by Crippen LogP contribution is 2.19. The third-order valence-corrected chi connectivity index (χ3v) is 4.93. The summed E-state index contributed by atoms with van der Waals surface area (Å²) >= 11 is 0. The van der Waals surface area contributed by atoms with Gasteiger partial charge in [0.1, 0.15) is 5.82 Å². The minimum Gasteiger partial charge on any atom is -0.355 e. The maximum atomic E-state index is 12.3. The predicted molar refractivity (Wildman–Crippen MR) is 116 cm³/mol. The molecule has 0 aliphatic heterocycles. The second-order valence-electron chi connectivity index (χ2n) is 7.49. The molecule has 0 atom stereocenters. The van der Waals surface area contributed by atoms with Crippen LogP contribution in [0.3, 0.4) is 0 Å². The molecule has 0 saturated carbocycles. The van der Waals surface area contributed by atoms with Crippen LogP contribution in [0.1, 0.15) is 17.8 Å². The van der Waals surface area contributed by atoms with Crippen molar-refractivity contribution in [2.45, 2.75) is 25.8 Å². The van der Waals surface area contributed by atoms with E-state index in [0.717, 1.165) is 36.4 Å². The summed E-state index contributed by atoms with van der Waals surface area (Å²) in [5, 5.41) is 14.0. The van der Waals surface area contributed by atoms with Gasteiger partial charge in [0.15, 0.2) is 0 Å². The highest BCUT2D eigenvalue weighted by atomic mass is 16.6. The molecule has 0 radical (unpaired) electrons. The summed E-state index contributed by atoms with van der Waals surface area (Å²) in [7, 11) is 4.11. The van der Waals surface area contributed by atoms with Crippen molar-refractivity contribution in [1.82, 2.24) is 19.8 Å². The Labute approximate surface area is 175 Å². The molecule has 8 heteroatoms. The summed E-state index contributed by atoms with van der Waals surface area (Å²) < 4.78 is 2.22. The van der Waals surface area contributed by atoms with Crippen molar-refractivity contribution >= 4 is 22.6 Å². The molecule has 1 N–H and O–H groups in total. The van der Waals surface area contributed by atoms with Gasteiger partial charge in [-0.25, -0.2) is 4.98 Å². The summed E-state index contributed by atoms with van der Waals surface area (Å²) in [5.41, 5.74) is 2.42. The smallest absolute Gasteiger partial charge is 0.273 e. The van der Waals surface area contributed by atoms with Gasteiger partial charge < -0.3 is 14.8 Å². The minimum absolute atomic E-state index is 0.0175. The number of amides is 1. The first-order valence-electron chi connectivity index (χ1n) is 10.0. The lowest BCUT2D eigenvalue weighted by Crippen LogP contribution is -2.28. The number of para-hydroxylation sites is 3. The number of fused-ring (bicyclic) bond motifs is 1. The van der Waals surface area contributed by atoms with E-state index in [9.17, 15) is 14.9 Å². The fourth-order valence-corrected chi connectivity index (χ4v) is 3.50. The van der Waals surface area contributed by atoms with Crippen LogP contribution in [0.2, 0.25) is 0 Å². The molecule has 158 valence electrons. The molecule has 0 bridgehead atoms. The number of hydrogen-bond acceptors (Lipinski definition) is 5. The lowest BCUT2D eigenvalue weighted by Gasteiger charge is -2.13. The monoisotopic (exact) mass is 409 g/mol. The third kappa shape index (κ3) is 5.42. The largest absolute Gasteiger partial charge is 0.355 e. The van der Waals surface area contributed by atoms with E-state index in [-0.39, 0.29) is 18.0 Å². The Kier molecular flexibility index (Phi) is 7.13. The Morgan fingerprint density at radius 2 is 1.90 bits per heavy atom. The number of nitrogens with zero attached hydrogens (tertiary/aromatic N) is 4. The number of imidazole rings is 1. The Morgan fingerprint density at radius 1 is 1.17 bits per heavy atom. The van der Waals surface area contributed by atoms with Gasteiger partial charge in [0.05, 0.1) is 22.4 Å². The molecule has 30 heavy (non-hydrogen) atoms. The second kappa shape index (κ2) is 9.98. The van der Waals surface area contributed by atoms with Crippen LogP contribution < -0.4 is 5.32 Å². The zero-order valence-corrected chi connectivity index (χ0v) is 17.4. The lowest BCUT2D eigenvalue weighted by atomic mass is 10.1. The van der Waals surface area contributed by atoms with Gasteiger partial charge in [-0.15, -0.1) is 0 Å². The van der Waals surface area contributed by atoms with Crippen molar-refractivity contribution < 1.29 is 9.72 Å². The number of benzene rings is 2. The Balaban J connectivity index is 1.63. The van der Waals surface area contributed by atoms with Crippen LogP contribution in [0.5, 0.6) is 0 Å². The van der Waals surface area contributed by atoms with E-state index in [2.05, 4.69) is 34.9 Å². The van der Waals surface area contributed by atoms with Crippen LogP contribution in [-0.4, -0.2) is 52.5 Å². The van der Waals surface area contributed by atoms with E-state index in [4.69, 9.17) is 4.98 Å². The van der Waals surface area contributed by atoms with Gasteiger partial charge in [-0.3, -0.25) is 14.9 Å². The van der Waals surface area contributed by atoms with Crippen LogP contribution in [0.15, 0.2) is 48.5 Å². The standard InChI is InChI=1S/C22H27N5O3/c1-25(2)14-7-15-26-20-11-6-4-9-18(20)24-21(26)12-13-23-22(28)16-17-8-3-5-10-19(17)27(29)30/h3-6,8-11H,7,12-16H2,1-2H3,(H,23,28). The van der Waals surface area contributed by atoms with Crippen molar-refractivity contribution in [2.75, 3.05) is 27.2 Å². The second-order valence-corrected chi connectivity index (χ2v) is 7.49. The predicted octanol–water partition coefficient (Wildman–Crippen LogP) is 2.80. The molecule has 3 rings (SSSR count). The maximum absolute atomic E-state index is 12.3. The van der Waals surface area contributed by atoms with E-state index in [1.54, 1.807) is 18.2 Å². The molecular formula is C22H27N5O3. The molecule has 1 amide bonds. The number of rotatable bonds is 10. The average Bonchev–Trinajstić information content (AvgIpc) is 3.05. The van der Waals surface area contributed by atoms with Crippen molar-refractivity contribution in [3.05, 3.63) is 70.0 Å². The lowest BCUT2D eigenvalue weighted by molar-refractivity contribution is -0.385. The van der Waals surface area contributed by atoms with Crippen molar-refractivity contribution in [2.24, 2.45) is 0 Å². The minimum atomic E-state index is -0.460. The number of aromatic nitrogens is 2. The molecule has 8 nitrogen and oxygen atoms in total. The topological polar surface area (TPSA) is 93.3 Å². The summed E-state index contributed by atoms with van der Waals surface area (Å²) in [6.45, 7) is 2.27. The molecule has 0 saturated heterocycles. The number of nitro benzene ring substituents is 1. The molecule has 0 aliphatic carbocycles. The Hall–Kier alpha value is -3.26. The van der Waals surface area contributed by atoms with Crippen LogP contribution in [0, 0.1) is 10.1 Å². The zero-order valence-electron chi connectivity index (χ0n) is 17.4. The van der Waals surface area contributed by atoms with Gasteiger partial charge in [-0.1, -0.05) is 30.3 Å². The summed E-state index contributed by atoms with van der Waals surface area (Å²) in [5.74, 6) is 0.695. The number of carbonyl (C=O) groups is 1. The molecule has 0 aliphatic rings. The van der Waals surface area contributed by atoms with Gasteiger partial charge in [0.2, 0.25) is 5.91 Å². The molecule has 1 aromatic heterocycles. The van der Waals surface area contributed by atoms with Crippen LogP contribution in [0.25, 0.3) is 11.0 Å².